The maximum absolute atomic E-state index is 12.3. The van der Waals surface area contributed by atoms with Crippen LogP contribution in [0.1, 0.15) is 13.3 Å². The van der Waals surface area contributed by atoms with Crippen LogP contribution < -0.4 is 0 Å². The van der Waals surface area contributed by atoms with E-state index in [0.717, 1.165) is 16.2 Å². The molecule has 0 saturated carbocycles. The summed E-state index contributed by atoms with van der Waals surface area (Å²) in [7, 11) is -3.72. The van der Waals surface area contributed by atoms with Crippen LogP contribution in [0.4, 0.5) is 0 Å². The quantitative estimate of drug-likeness (QED) is 0.419. The number of hydrogen-bond acceptors (Lipinski definition) is 3. The van der Waals surface area contributed by atoms with Crippen LogP contribution in [0.2, 0.25) is 0 Å². The first-order valence-corrected chi connectivity index (χ1v) is 8.34. The Labute approximate surface area is 152 Å². The van der Waals surface area contributed by atoms with Crippen LogP contribution in [0, 0.1) is 0 Å². The van der Waals surface area contributed by atoms with Gasteiger partial charge in [-0.05, 0) is 28.6 Å². The van der Waals surface area contributed by atoms with Gasteiger partial charge in [0.2, 0.25) is 0 Å². The topological polar surface area (TPSA) is 43.4 Å². The first-order valence-electron chi connectivity index (χ1n) is 6.93. The molecule has 3 rings (SSSR count). The Morgan fingerprint density at radius 1 is 0.864 bits per heavy atom. The maximum atomic E-state index is 12.3. The molecule has 110 valence electrons. The molecule has 0 aliphatic carbocycles. The minimum absolute atomic E-state index is 0. The predicted octanol–water partition coefficient (Wildman–Crippen LogP) is 3.46. The van der Waals surface area contributed by atoms with Crippen molar-refractivity contribution in [2.45, 2.75) is 18.2 Å². The van der Waals surface area contributed by atoms with Gasteiger partial charge in [-0.15, -0.1) is 0 Å². The Morgan fingerprint density at radius 2 is 1.59 bits per heavy atom. The second kappa shape index (κ2) is 7.11. The number of rotatable bonds is 4. The molecule has 3 aromatic carbocycles. The summed E-state index contributed by atoms with van der Waals surface area (Å²) in [5.74, 6) is 0. The van der Waals surface area contributed by atoms with Gasteiger partial charge in [0.05, 0.1) is 6.61 Å². The van der Waals surface area contributed by atoms with Crippen molar-refractivity contribution in [1.29, 1.82) is 0 Å². The average Bonchev–Trinajstić information content (AvgIpc) is 2.52. The summed E-state index contributed by atoms with van der Waals surface area (Å²) < 4.78 is 29.7. The molecule has 0 amide bonds. The standard InChI is InChI=1S/C17H16O3S.Na.H/c1-2-12-20-21(18,19)17-9-5-8-15-14-7-4-3-6-13(14)10-11-16(15)17;;/h3-11H,2,12H2,1H3;;. The van der Waals surface area contributed by atoms with E-state index in [1.165, 1.54) is 0 Å². The predicted molar refractivity (Wildman–Crippen MR) is 92.0 cm³/mol. The number of fused-ring (bicyclic) bond motifs is 3. The molecule has 22 heavy (non-hydrogen) atoms. The van der Waals surface area contributed by atoms with Gasteiger partial charge >= 0.3 is 29.6 Å². The first kappa shape index (κ1) is 17.4. The van der Waals surface area contributed by atoms with Gasteiger partial charge in [0.15, 0.2) is 0 Å². The third kappa shape index (κ3) is 3.21. The van der Waals surface area contributed by atoms with Crippen molar-refractivity contribution in [3.8, 4) is 0 Å². The average molecular weight is 324 g/mol. The minimum atomic E-state index is -3.72. The van der Waals surface area contributed by atoms with Gasteiger partial charge in [0, 0.05) is 5.39 Å². The van der Waals surface area contributed by atoms with E-state index in [2.05, 4.69) is 0 Å². The molecule has 0 heterocycles. The molecule has 5 heteroatoms. The Bertz CT molecular complexity index is 904. The molecule has 0 N–H and O–H groups in total. The molecule has 0 fully saturated rings. The zero-order valence-electron chi connectivity index (χ0n) is 11.7. The van der Waals surface area contributed by atoms with Gasteiger partial charge in [-0.3, -0.25) is 4.18 Å². The van der Waals surface area contributed by atoms with Gasteiger partial charge in [-0.1, -0.05) is 55.5 Å². The van der Waals surface area contributed by atoms with E-state index in [1.807, 2.05) is 49.4 Å². The molecule has 0 atom stereocenters. The zero-order chi connectivity index (χ0) is 14.9. The Balaban J connectivity index is 0.00000176. The van der Waals surface area contributed by atoms with Gasteiger partial charge in [0.1, 0.15) is 4.90 Å². The summed E-state index contributed by atoms with van der Waals surface area (Å²) >= 11 is 0. The Kier molecular flexibility index (Phi) is 5.64. The van der Waals surface area contributed by atoms with E-state index in [1.54, 1.807) is 12.1 Å². The monoisotopic (exact) mass is 324 g/mol. The van der Waals surface area contributed by atoms with Gasteiger partial charge in [-0.25, -0.2) is 0 Å². The van der Waals surface area contributed by atoms with Crippen molar-refractivity contribution >= 4 is 61.2 Å². The van der Waals surface area contributed by atoms with Crippen LogP contribution in [-0.2, 0) is 14.3 Å². The molecule has 0 aliphatic rings. The molecule has 0 unspecified atom stereocenters. The van der Waals surface area contributed by atoms with Crippen LogP contribution in [0.15, 0.2) is 59.5 Å². The second-order valence-corrected chi connectivity index (χ2v) is 6.50. The van der Waals surface area contributed by atoms with E-state index in [4.69, 9.17) is 4.18 Å². The van der Waals surface area contributed by atoms with E-state index in [0.29, 0.717) is 11.8 Å². The normalized spacial score (nSPS) is 11.5. The van der Waals surface area contributed by atoms with Gasteiger partial charge in [0.25, 0.3) is 10.1 Å². The van der Waals surface area contributed by atoms with Crippen LogP contribution in [0.5, 0.6) is 0 Å². The summed E-state index contributed by atoms with van der Waals surface area (Å²) in [4.78, 5) is 0.235. The molecule has 0 aliphatic heterocycles. The SMILES string of the molecule is CCCOS(=O)(=O)c1cccc2c1ccc1ccccc12.[NaH]. The van der Waals surface area contributed by atoms with Crippen molar-refractivity contribution in [1.82, 2.24) is 0 Å². The molecule has 0 bridgehead atoms. The molecular weight excluding hydrogens is 307 g/mol. The third-order valence-electron chi connectivity index (χ3n) is 3.46. The van der Waals surface area contributed by atoms with E-state index >= 15 is 0 Å². The van der Waals surface area contributed by atoms with Crippen LogP contribution >= 0.6 is 0 Å². The Morgan fingerprint density at radius 3 is 2.36 bits per heavy atom. The first-order chi connectivity index (χ1) is 10.1. The fourth-order valence-corrected chi connectivity index (χ4v) is 3.69. The summed E-state index contributed by atoms with van der Waals surface area (Å²) in [6.07, 6.45) is 0.660. The number of benzene rings is 3. The Hall–Kier alpha value is -0.910. The van der Waals surface area contributed by atoms with Crippen molar-refractivity contribution in [3.05, 3.63) is 54.6 Å². The third-order valence-corrected chi connectivity index (χ3v) is 4.83. The summed E-state index contributed by atoms with van der Waals surface area (Å²) in [5.41, 5.74) is 0. The summed E-state index contributed by atoms with van der Waals surface area (Å²) in [6, 6.07) is 17.0. The fourth-order valence-electron chi connectivity index (χ4n) is 2.49. The molecular formula is C17H17NaO3S. The van der Waals surface area contributed by atoms with Crippen molar-refractivity contribution in [3.63, 3.8) is 0 Å². The summed E-state index contributed by atoms with van der Waals surface area (Å²) in [6.45, 7) is 2.08. The van der Waals surface area contributed by atoms with Crippen molar-refractivity contribution in [2.24, 2.45) is 0 Å². The van der Waals surface area contributed by atoms with Crippen molar-refractivity contribution in [2.75, 3.05) is 6.61 Å². The molecule has 0 radical (unpaired) electrons. The molecule has 0 spiro atoms. The van der Waals surface area contributed by atoms with Crippen molar-refractivity contribution < 1.29 is 12.6 Å². The summed E-state index contributed by atoms with van der Waals surface area (Å²) in [5, 5.41) is 3.76. The van der Waals surface area contributed by atoms with Gasteiger partial charge in [-0.2, -0.15) is 8.42 Å². The van der Waals surface area contributed by atoms with Crippen LogP contribution in [0.25, 0.3) is 21.5 Å². The molecule has 3 aromatic rings. The second-order valence-electron chi connectivity index (χ2n) is 4.91. The molecule has 0 saturated heterocycles. The number of hydrogen-bond donors (Lipinski definition) is 0. The fraction of sp³-hybridized carbons (Fsp3) is 0.176. The van der Waals surface area contributed by atoms with Gasteiger partial charge < -0.3 is 0 Å². The van der Waals surface area contributed by atoms with E-state index in [9.17, 15) is 8.42 Å². The molecule has 3 nitrogen and oxygen atoms in total. The molecule has 0 aromatic heterocycles. The zero-order valence-corrected chi connectivity index (χ0v) is 12.6. The van der Waals surface area contributed by atoms with E-state index in [-0.39, 0.29) is 41.1 Å². The van der Waals surface area contributed by atoms with Crippen LogP contribution in [0.3, 0.4) is 0 Å². The van der Waals surface area contributed by atoms with Crippen LogP contribution in [-0.4, -0.2) is 44.6 Å². The van der Waals surface area contributed by atoms with E-state index < -0.39 is 10.1 Å².